The van der Waals surface area contributed by atoms with Gasteiger partial charge in [-0.15, -0.1) is 12.4 Å². The number of halogens is 1. The number of benzene rings is 2. The van der Waals surface area contributed by atoms with Crippen molar-refractivity contribution in [1.82, 2.24) is 9.80 Å². The highest BCUT2D eigenvalue weighted by molar-refractivity contribution is 5.97. The number of phenolic OH excluding ortho intramolecular Hbond substituents is 2. The minimum Gasteiger partial charge on any atom is -0.508 e. The molecule has 0 saturated carbocycles. The monoisotopic (exact) mass is 431 g/mol. The Kier molecular flexibility index (Phi) is 6.48. The normalized spacial score (nSPS) is 16.5. The Morgan fingerprint density at radius 2 is 1.60 bits per heavy atom. The van der Waals surface area contributed by atoms with Crippen LogP contribution in [0.5, 0.6) is 11.5 Å². The van der Waals surface area contributed by atoms with Crippen LogP contribution in [-0.4, -0.2) is 59.1 Å². The molecule has 0 radical (unpaired) electrons. The number of amides is 1. The number of hydrogen-bond donors (Lipinski definition) is 2. The topological polar surface area (TPSA) is 67.3 Å². The van der Waals surface area contributed by atoms with E-state index in [0.29, 0.717) is 18.7 Å². The third kappa shape index (κ3) is 4.20. The van der Waals surface area contributed by atoms with Crippen LogP contribution in [0.3, 0.4) is 0 Å². The van der Waals surface area contributed by atoms with Crippen molar-refractivity contribution in [1.29, 1.82) is 0 Å². The number of likely N-dealkylation sites (N-methyl/N-ethyl adjacent to an activating group) is 1. The molecule has 2 aliphatic rings. The molecule has 1 saturated heterocycles. The van der Waals surface area contributed by atoms with E-state index < -0.39 is 0 Å². The van der Waals surface area contributed by atoms with E-state index in [1.807, 2.05) is 13.8 Å². The Hall–Kier alpha value is -2.44. The molecule has 0 spiro atoms. The number of fused-ring (bicyclic) bond motifs is 1. The highest BCUT2D eigenvalue weighted by Gasteiger charge is 2.28. The standard InChI is InChI=1S/C23H29N3O3.ClH/c1-15(2)19-11-20(22(28)12-21(19)27)23(29)26-13-16-4-5-18(10-17(16)14-26)25-8-6-24(3)7-9-25;/h4-5,10-12,15,27-28H,6-9,13-14H2,1-3H3;1H. The third-order valence-corrected chi connectivity index (χ3v) is 6.07. The van der Waals surface area contributed by atoms with E-state index in [4.69, 9.17) is 0 Å². The molecular formula is C23H30ClN3O3. The first-order chi connectivity index (χ1) is 13.8. The Balaban J connectivity index is 0.00000256. The lowest BCUT2D eigenvalue weighted by molar-refractivity contribution is 0.0748. The van der Waals surface area contributed by atoms with E-state index in [9.17, 15) is 15.0 Å². The van der Waals surface area contributed by atoms with Gasteiger partial charge in [-0.25, -0.2) is 0 Å². The number of aromatic hydroxyl groups is 2. The molecule has 1 fully saturated rings. The van der Waals surface area contributed by atoms with E-state index in [-0.39, 0.29) is 41.3 Å². The summed E-state index contributed by atoms with van der Waals surface area (Å²) in [6.45, 7) is 9.11. The second kappa shape index (κ2) is 8.74. The number of phenols is 2. The predicted molar refractivity (Wildman–Crippen MR) is 121 cm³/mol. The fourth-order valence-electron chi connectivity index (χ4n) is 4.18. The van der Waals surface area contributed by atoms with Gasteiger partial charge >= 0.3 is 0 Å². The van der Waals surface area contributed by atoms with E-state index in [0.717, 1.165) is 37.3 Å². The zero-order valence-electron chi connectivity index (χ0n) is 17.8. The van der Waals surface area contributed by atoms with Crippen LogP contribution in [0.1, 0.15) is 46.8 Å². The lowest BCUT2D eigenvalue weighted by Gasteiger charge is -2.34. The molecule has 0 bridgehead atoms. The zero-order valence-corrected chi connectivity index (χ0v) is 18.6. The molecule has 0 aromatic heterocycles. The average Bonchev–Trinajstić information content (AvgIpc) is 3.11. The summed E-state index contributed by atoms with van der Waals surface area (Å²) in [6.07, 6.45) is 0. The summed E-state index contributed by atoms with van der Waals surface area (Å²) in [4.78, 5) is 19.6. The van der Waals surface area contributed by atoms with Crippen LogP contribution in [-0.2, 0) is 13.1 Å². The lowest BCUT2D eigenvalue weighted by atomic mass is 9.98. The third-order valence-electron chi connectivity index (χ3n) is 6.07. The SMILES string of the molecule is CC(C)c1cc(C(=O)N2Cc3ccc(N4CCN(C)CC4)cc3C2)c(O)cc1O.Cl. The zero-order chi connectivity index (χ0) is 20.7. The molecular weight excluding hydrogens is 402 g/mol. The summed E-state index contributed by atoms with van der Waals surface area (Å²) in [5.74, 6) is -0.299. The maximum atomic E-state index is 13.1. The summed E-state index contributed by atoms with van der Waals surface area (Å²) in [7, 11) is 2.15. The number of nitrogens with zero attached hydrogens (tertiary/aromatic N) is 3. The quantitative estimate of drug-likeness (QED) is 0.777. The van der Waals surface area contributed by atoms with Gasteiger partial charge in [-0.3, -0.25) is 4.79 Å². The van der Waals surface area contributed by atoms with Crippen LogP contribution in [0.4, 0.5) is 5.69 Å². The van der Waals surface area contributed by atoms with Gasteiger partial charge in [0.2, 0.25) is 0 Å². The molecule has 4 rings (SSSR count). The van der Waals surface area contributed by atoms with Gasteiger partial charge in [0, 0.05) is 51.0 Å². The number of piperazine rings is 1. The van der Waals surface area contributed by atoms with Crippen LogP contribution in [0.25, 0.3) is 0 Å². The number of carbonyl (C=O) groups excluding carboxylic acids is 1. The molecule has 2 aromatic rings. The maximum Gasteiger partial charge on any atom is 0.258 e. The highest BCUT2D eigenvalue weighted by Crippen LogP contribution is 2.35. The highest BCUT2D eigenvalue weighted by atomic mass is 35.5. The van der Waals surface area contributed by atoms with Gasteiger partial charge in [0.05, 0.1) is 5.56 Å². The Labute approximate surface area is 184 Å². The molecule has 2 aromatic carbocycles. The van der Waals surface area contributed by atoms with Gasteiger partial charge in [0.1, 0.15) is 11.5 Å². The number of rotatable bonds is 3. The van der Waals surface area contributed by atoms with Gasteiger partial charge in [-0.1, -0.05) is 19.9 Å². The average molecular weight is 432 g/mol. The van der Waals surface area contributed by atoms with Crippen molar-refractivity contribution in [3.63, 3.8) is 0 Å². The predicted octanol–water partition coefficient (Wildman–Crippen LogP) is 3.55. The van der Waals surface area contributed by atoms with Crippen molar-refractivity contribution < 1.29 is 15.0 Å². The molecule has 162 valence electrons. The number of anilines is 1. The van der Waals surface area contributed by atoms with Gasteiger partial charge in [0.25, 0.3) is 5.91 Å². The lowest BCUT2D eigenvalue weighted by Crippen LogP contribution is -2.44. The van der Waals surface area contributed by atoms with Crippen molar-refractivity contribution in [2.24, 2.45) is 0 Å². The van der Waals surface area contributed by atoms with Crippen molar-refractivity contribution in [3.05, 3.63) is 52.6 Å². The molecule has 6 nitrogen and oxygen atoms in total. The van der Waals surface area contributed by atoms with E-state index in [2.05, 4.69) is 35.0 Å². The minimum atomic E-state index is -0.207. The van der Waals surface area contributed by atoms with Crippen LogP contribution in [0.15, 0.2) is 30.3 Å². The van der Waals surface area contributed by atoms with Crippen molar-refractivity contribution >= 4 is 24.0 Å². The number of carbonyl (C=O) groups is 1. The summed E-state index contributed by atoms with van der Waals surface area (Å²) in [5.41, 5.74) is 4.44. The molecule has 0 aliphatic carbocycles. The Morgan fingerprint density at radius 3 is 2.27 bits per heavy atom. The number of hydrogen-bond acceptors (Lipinski definition) is 5. The second-order valence-electron chi connectivity index (χ2n) is 8.49. The molecule has 2 N–H and O–H groups in total. The van der Waals surface area contributed by atoms with Gasteiger partial charge in [-0.05, 0) is 47.9 Å². The first-order valence-electron chi connectivity index (χ1n) is 10.2. The van der Waals surface area contributed by atoms with Gasteiger partial charge in [-0.2, -0.15) is 0 Å². The molecule has 0 unspecified atom stereocenters. The smallest absolute Gasteiger partial charge is 0.258 e. The molecule has 2 heterocycles. The summed E-state index contributed by atoms with van der Waals surface area (Å²) in [5, 5.41) is 20.3. The van der Waals surface area contributed by atoms with Crippen LogP contribution in [0, 0.1) is 0 Å². The van der Waals surface area contributed by atoms with E-state index in [1.165, 1.54) is 11.8 Å². The molecule has 7 heteroatoms. The first-order valence-corrected chi connectivity index (χ1v) is 10.2. The Bertz CT molecular complexity index is 940. The van der Waals surface area contributed by atoms with Crippen molar-refractivity contribution in [2.45, 2.75) is 32.9 Å². The molecule has 30 heavy (non-hydrogen) atoms. The van der Waals surface area contributed by atoms with Crippen molar-refractivity contribution in [3.8, 4) is 11.5 Å². The molecule has 0 atom stereocenters. The largest absolute Gasteiger partial charge is 0.508 e. The van der Waals surface area contributed by atoms with Crippen LogP contribution in [0.2, 0.25) is 0 Å². The van der Waals surface area contributed by atoms with Gasteiger partial charge < -0.3 is 24.9 Å². The van der Waals surface area contributed by atoms with Crippen LogP contribution < -0.4 is 4.90 Å². The molecule has 2 aliphatic heterocycles. The van der Waals surface area contributed by atoms with E-state index >= 15 is 0 Å². The summed E-state index contributed by atoms with van der Waals surface area (Å²) >= 11 is 0. The maximum absolute atomic E-state index is 13.1. The minimum absolute atomic E-state index is 0. The molecule has 1 amide bonds. The second-order valence-corrected chi connectivity index (χ2v) is 8.49. The van der Waals surface area contributed by atoms with E-state index in [1.54, 1.807) is 11.0 Å². The fourth-order valence-corrected chi connectivity index (χ4v) is 4.18. The van der Waals surface area contributed by atoms with Crippen molar-refractivity contribution in [2.75, 3.05) is 38.1 Å². The van der Waals surface area contributed by atoms with Gasteiger partial charge in [0.15, 0.2) is 0 Å². The fraction of sp³-hybridized carbons (Fsp3) is 0.435. The van der Waals surface area contributed by atoms with Crippen LogP contribution >= 0.6 is 12.4 Å². The first kappa shape index (κ1) is 22.2. The Morgan fingerprint density at radius 1 is 0.933 bits per heavy atom. The summed E-state index contributed by atoms with van der Waals surface area (Å²) in [6, 6.07) is 9.36. The summed E-state index contributed by atoms with van der Waals surface area (Å²) < 4.78 is 0.